The van der Waals surface area contributed by atoms with Crippen LogP contribution < -0.4 is 10.0 Å². The number of rotatable bonds is 9. The lowest BCUT2D eigenvalue weighted by Crippen LogP contribution is -2.40. The van der Waals surface area contributed by atoms with Gasteiger partial charge in [0.1, 0.15) is 0 Å². The third-order valence-corrected chi connectivity index (χ3v) is 5.98. The van der Waals surface area contributed by atoms with Gasteiger partial charge in [0.15, 0.2) is 0 Å². The molecule has 0 radical (unpaired) electrons. The molecule has 0 saturated carbocycles. The molecule has 2 aromatic carbocycles. The van der Waals surface area contributed by atoms with Crippen LogP contribution in [0.15, 0.2) is 71.9 Å². The topological polar surface area (TPSA) is 71.1 Å². The molecular formula is C21H25N3O2S. The first kappa shape index (κ1) is 19.5. The summed E-state index contributed by atoms with van der Waals surface area (Å²) in [5.41, 5.74) is 1.32. The van der Waals surface area contributed by atoms with Crippen molar-refractivity contribution in [3.8, 4) is 0 Å². The van der Waals surface area contributed by atoms with E-state index in [9.17, 15) is 8.42 Å². The van der Waals surface area contributed by atoms with E-state index in [1.807, 2.05) is 31.2 Å². The van der Waals surface area contributed by atoms with E-state index in [1.54, 1.807) is 30.6 Å². The molecule has 0 fully saturated rings. The van der Waals surface area contributed by atoms with Crippen LogP contribution in [0.2, 0.25) is 0 Å². The summed E-state index contributed by atoms with van der Waals surface area (Å²) in [6.07, 6.45) is 5.41. The highest BCUT2D eigenvalue weighted by Gasteiger charge is 2.17. The van der Waals surface area contributed by atoms with Crippen molar-refractivity contribution in [3.05, 3.63) is 72.6 Å². The largest absolute Gasteiger partial charge is 0.315 e. The molecule has 0 spiro atoms. The van der Waals surface area contributed by atoms with Gasteiger partial charge in [-0.05, 0) is 55.5 Å². The van der Waals surface area contributed by atoms with Gasteiger partial charge < -0.3 is 5.32 Å². The highest BCUT2D eigenvalue weighted by molar-refractivity contribution is 7.89. The third kappa shape index (κ3) is 5.60. The highest BCUT2D eigenvalue weighted by Crippen LogP contribution is 2.18. The number of aryl methyl sites for hydroxylation is 1. The molecule has 0 aliphatic rings. The number of pyridine rings is 1. The van der Waals surface area contributed by atoms with Crippen LogP contribution in [-0.4, -0.2) is 32.5 Å². The number of hydrogen-bond donors (Lipinski definition) is 2. The van der Waals surface area contributed by atoms with Crippen molar-refractivity contribution in [1.82, 2.24) is 15.0 Å². The fraction of sp³-hybridized carbons (Fsp3) is 0.286. The van der Waals surface area contributed by atoms with Gasteiger partial charge in [-0.2, -0.15) is 0 Å². The molecule has 2 N–H and O–H groups in total. The van der Waals surface area contributed by atoms with Crippen molar-refractivity contribution in [2.24, 2.45) is 0 Å². The molecule has 1 heterocycles. The third-order valence-electron chi connectivity index (χ3n) is 4.39. The van der Waals surface area contributed by atoms with Crippen LogP contribution in [0.1, 0.15) is 18.9 Å². The predicted molar refractivity (Wildman–Crippen MR) is 109 cm³/mol. The summed E-state index contributed by atoms with van der Waals surface area (Å²) in [6, 6.07) is 17.0. The van der Waals surface area contributed by atoms with E-state index in [0.29, 0.717) is 6.54 Å². The van der Waals surface area contributed by atoms with Gasteiger partial charge in [-0.3, -0.25) is 4.98 Å². The van der Waals surface area contributed by atoms with Crippen molar-refractivity contribution in [1.29, 1.82) is 0 Å². The minimum absolute atomic E-state index is 0.195. The summed E-state index contributed by atoms with van der Waals surface area (Å²) in [5, 5.41) is 5.11. The van der Waals surface area contributed by atoms with Gasteiger partial charge >= 0.3 is 0 Å². The highest BCUT2D eigenvalue weighted by atomic mass is 32.2. The second kappa shape index (κ2) is 9.08. The molecule has 0 amide bonds. The second-order valence-corrected chi connectivity index (χ2v) is 8.41. The Bertz CT molecular complexity index is 975. The molecule has 0 aliphatic heterocycles. The number of aromatic nitrogens is 1. The van der Waals surface area contributed by atoms with Crippen LogP contribution in [0.4, 0.5) is 0 Å². The van der Waals surface area contributed by atoms with E-state index < -0.39 is 10.0 Å². The first-order chi connectivity index (χ1) is 13.0. The minimum atomic E-state index is -3.55. The van der Waals surface area contributed by atoms with Gasteiger partial charge in [0, 0.05) is 30.4 Å². The van der Waals surface area contributed by atoms with Crippen LogP contribution in [0.25, 0.3) is 10.8 Å². The number of nitrogens with one attached hydrogen (secondary N) is 2. The fourth-order valence-corrected chi connectivity index (χ4v) is 4.26. The Balaban J connectivity index is 1.47. The van der Waals surface area contributed by atoms with E-state index in [0.717, 1.165) is 30.2 Å². The minimum Gasteiger partial charge on any atom is -0.315 e. The van der Waals surface area contributed by atoms with E-state index >= 15 is 0 Å². The Hall–Kier alpha value is -2.28. The average Bonchev–Trinajstić information content (AvgIpc) is 2.68. The first-order valence-corrected chi connectivity index (χ1v) is 10.6. The summed E-state index contributed by atoms with van der Waals surface area (Å²) in [7, 11) is -3.55. The zero-order valence-corrected chi connectivity index (χ0v) is 16.2. The van der Waals surface area contributed by atoms with Crippen molar-refractivity contribution < 1.29 is 8.42 Å². The molecule has 142 valence electrons. The Morgan fingerprint density at radius 2 is 1.85 bits per heavy atom. The molecule has 1 unspecified atom stereocenters. The number of sulfonamides is 1. The lowest BCUT2D eigenvalue weighted by molar-refractivity contribution is 0.532. The lowest BCUT2D eigenvalue weighted by Gasteiger charge is -2.15. The van der Waals surface area contributed by atoms with Crippen LogP contribution >= 0.6 is 0 Å². The van der Waals surface area contributed by atoms with Crippen molar-refractivity contribution in [2.75, 3.05) is 13.1 Å². The second-order valence-electron chi connectivity index (χ2n) is 6.70. The number of fused-ring (bicyclic) bond motifs is 1. The molecule has 0 bridgehead atoms. The Kier molecular flexibility index (Phi) is 6.55. The monoisotopic (exact) mass is 383 g/mol. The molecule has 3 aromatic rings. The van der Waals surface area contributed by atoms with E-state index in [4.69, 9.17) is 0 Å². The molecule has 0 saturated heterocycles. The number of benzene rings is 2. The van der Waals surface area contributed by atoms with Gasteiger partial charge in [-0.25, -0.2) is 13.1 Å². The van der Waals surface area contributed by atoms with Crippen molar-refractivity contribution >= 4 is 20.8 Å². The molecule has 1 aromatic heterocycles. The average molecular weight is 384 g/mol. The van der Waals surface area contributed by atoms with Crippen LogP contribution in [0, 0.1) is 0 Å². The number of nitrogens with zero attached hydrogens (tertiary/aromatic N) is 1. The molecule has 27 heavy (non-hydrogen) atoms. The Morgan fingerprint density at radius 3 is 2.67 bits per heavy atom. The van der Waals surface area contributed by atoms with E-state index in [-0.39, 0.29) is 10.9 Å². The zero-order chi connectivity index (χ0) is 19.1. The van der Waals surface area contributed by atoms with Gasteiger partial charge in [-0.15, -0.1) is 0 Å². The predicted octanol–water partition coefficient (Wildman–Crippen LogP) is 3.12. The molecule has 0 aliphatic carbocycles. The summed E-state index contributed by atoms with van der Waals surface area (Å²) >= 11 is 0. The Labute approximate surface area is 160 Å². The van der Waals surface area contributed by atoms with Crippen molar-refractivity contribution in [3.63, 3.8) is 0 Å². The lowest BCUT2D eigenvalue weighted by atomic mass is 10.1. The van der Waals surface area contributed by atoms with Gasteiger partial charge in [0.05, 0.1) is 4.90 Å². The SMILES string of the molecule is CC(CNCCCc1ccccc1)NS(=O)(=O)c1ccc2cnccc2c1. The van der Waals surface area contributed by atoms with Gasteiger partial charge in [0.25, 0.3) is 0 Å². The number of hydrogen-bond acceptors (Lipinski definition) is 4. The summed E-state index contributed by atoms with van der Waals surface area (Å²) in [6.45, 7) is 3.31. The zero-order valence-electron chi connectivity index (χ0n) is 15.4. The quantitative estimate of drug-likeness (QED) is 0.557. The standard InChI is InChI=1S/C21H25N3O2S/c1-17(15-22-12-5-8-18-6-3-2-4-7-18)24-27(25,26)21-10-9-20-16-23-13-11-19(20)14-21/h2-4,6-7,9-11,13-14,16-17,22,24H,5,8,12,15H2,1H3. The molecule has 5 nitrogen and oxygen atoms in total. The first-order valence-electron chi connectivity index (χ1n) is 9.15. The van der Waals surface area contributed by atoms with Crippen LogP contribution in [-0.2, 0) is 16.4 Å². The van der Waals surface area contributed by atoms with Gasteiger partial charge in [-0.1, -0.05) is 36.4 Å². The molecule has 3 rings (SSSR count). The fourth-order valence-electron chi connectivity index (χ4n) is 2.98. The van der Waals surface area contributed by atoms with Gasteiger partial charge in [0.2, 0.25) is 10.0 Å². The molecule has 6 heteroatoms. The van der Waals surface area contributed by atoms with Crippen LogP contribution in [0.5, 0.6) is 0 Å². The van der Waals surface area contributed by atoms with E-state index in [1.165, 1.54) is 5.56 Å². The smallest absolute Gasteiger partial charge is 0.240 e. The Morgan fingerprint density at radius 1 is 1.04 bits per heavy atom. The molecule has 1 atom stereocenters. The van der Waals surface area contributed by atoms with Crippen LogP contribution in [0.3, 0.4) is 0 Å². The van der Waals surface area contributed by atoms with Crippen molar-refractivity contribution in [2.45, 2.75) is 30.7 Å². The molecular weight excluding hydrogens is 358 g/mol. The van der Waals surface area contributed by atoms with E-state index in [2.05, 4.69) is 27.2 Å². The summed E-state index contributed by atoms with van der Waals surface area (Å²) < 4.78 is 28.0. The maximum atomic E-state index is 12.6. The summed E-state index contributed by atoms with van der Waals surface area (Å²) in [4.78, 5) is 4.32. The summed E-state index contributed by atoms with van der Waals surface area (Å²) in [5.74, 6) is 0. The normalized spacial score (nSPS) is 12.9. The maximum Gasteiger partial charge on any atom is 0.240 e. The maximum absolute atomic E-state index is 12.6.